The number of rotatable bonds is 19. The molecule has 16 nitrogen and oxygen atoms in total. The number of ether oxygens (including phenoxy) is 2. The van der Waals surface area contributed by atoms with Crippen molar-refractivity contribution in [1.29, 1.82) is 0 Å². The van der Waals surface area contributed by atoms with Gasteiger partial charge in [0, 0.05) is 51.0 Å². The number of methoxy groups -OCH3 is 2. The molecule has 0 saturated heterocycles. The van der Waals surface area contributed by atoms with Crippen LogP contribution in [0.3, 0.4) is 0 Å². The molecule has 4 N–H and O–H groups in total. The second kappa shape index (κ2) is 31.5. The van der Waals surface area contributed by atoms with Gasteiger partial charge in [0.05, 0.1) is 23.6 Å². The summed E-state index contributed by atoms with van der Waals surface area (Å²) in [5, 5.41) is 8.48. The first-order valence-corrected chi connectivity index (χ1v) is 26.1. The Morgan fingerprint density at radius 2 is 1.65 bits per heavy atom. The Hall–Kier alpha value is -3.49. The van der Waals surface area contributed by atoms with Crippen molar-refractivity contribution < 1.29 is 47.6 Å². The van der Waals surface area contributed by atoms with E-state index in [1.54, 1.807) is 33.5 Å². The number of carboxylic acid groups (broad SMARTS) is 1. The van der Waals surface area contributed by atoms with Crippen molar-refractivity contribution in [1.82, 2.24) is 14.3 Å². The molecule has 2 aromatic carbocycles. The van der Waals surface area contributed by atoms with Gasteiger partial charge in [-0.15, -0.1) is 36.5 Å². The number of carboxylic acids is 1. The number of thioether (sulfide) groups is 1. The van der Waals surface area contributed by atoms with E-state index < -0.39 is 36.0 Å². The van der Waals surface area contributed by atoms with E-state index in [1.165, 1.54) is 24.7 Å². The predicted octanol–water partition coefficient (Wildman–Crippen LogP) is 7.46. The van der Waals surface area contributed by atoms with E-state index >= 15 is 0 Å². The Labute approximate surface area is 412 Å². The largest absolute Gasteiger partial charge is 0.480 e. The average Bonchev–Trinajstić information content (AvgIpc) is 3.61. The van der Waals surface area contributed by atoms with Gasteiger partial charge >= 0.3 is 16.8 Å². The smallest absolute Gasteiger partial charge is 0.325 e. The number of hydrogen-bond acceptors (Lipinski definition) is 12. The van der Waals surface area contributed by atoms with E-state index in [4.69, 9.17) is 66.9 Å². The molecule has 2 heterocycles. The number of nitrogens with two attached hydrogens (primary N) is 1. The number of hydrogen-bond donors (Lipinski definition) is 3. The van der Waals surface area contributed by atoms with Gasteiger partial charge in [0.1, 0.15) is 30.2 Å². The highest BCUT2D eigenvalue weighted by Crippen LogP contribution is 2.36. The SMILES string of the molecule is C=CCN(CC=C)C(=O)C(Cl)Cl.CCc1cccc(CC)c1N(COC)C(=O)CCl.COC(=O)CSc1cc(N=c2sc(=O)n3n2CCCC3)c(F)cc1Cl.CP(=O)(O)CCC(N)C(=O)O. The van der Waals surface area contributed by atoms with Crippen LogP contribution in [-0.4, -0.2) is 117 Å². The van der Waals surface area contributed by atoms with Crippen molar-refractivity contribution in [3.05, 3.63) is 92.1 Å². The molecule has 4 rings (SSSR count). The summed E-state index contributed by atoms with van der Waals surface area (Å²) in [6.45, 7) is 14.8. The van der Waals surface area contributed by atoms with Crippen LogP contribution >= 0.6 is 76.9 Å². The molecule has 1 aliphatic heterocycles. The van der Waals surface area contributed by atoms with Crippen molar-refractivity contribution in [3.8, 4) is 0 Å². The molecule has 0 spiro atoms. The Balaban J connectivity index is 0.000000468. The lowest BCUT2D eigenvalue weighted by molar-refractivity contribution is -0.139. The molecule has 2 unspecified atom stereocenters. The lowest BCUT2D eigenvalue weighted by Crippen LogP contribution is -2.35. The molecule has 0 saturated carbocycles. The zero-order chi connectivity index (χ0) is 50.1. The van der Waals surface area contributed by atoms with Crippen LogP contribution in [0.15, 0.2) is 70.3 Å². The number of esters is 1. The fourth-order valence-corrected chi connectivity index (χ4v) is 8.83. The number of halogens is 5. The second-order valence-corrected chi connectivity index (χ2v) is 20.2. The number of aromatic nitrogens is 2. The summed E-state index contributed by atoms with van der Waals surface area (Å²) < 4.78 is 38.0. The number of benzene rings is 2. The second-order valence-electron chi connectivity index (χ2n) is 13.9. The fraction of sp³-hybridized carbons (Fsp3) is 0.476. The van der Waals surface area contributed by atoms with Crippen LogP contribution in [0.25, 0.3) is 0 Å². The number of aliphatic carboxylic acids is 1. The molecular formula is C42H58Cl4FN6O10PS2. The number of anilines is 1. The summed E-state index contributed by atoms with van der Waals surface area (Å²) in [4.78, 5) is 72.6. The summed E-state index contributed by atoms with van der Waals surface area (Å²) in [7, 11) is -0.228. The highest BCUT2D eigenvalue weighted by molar-refractivity contribution is 8.00. The molecular weight excluding hydrogens is 1000 g/mol. The van der Waals surface area contributed by atoms with Crippen molar-refractivity contribution in [3.63, 3.8) is 0 Å². The van der Waals surface area contributed by atoms with E-state index in [9.17, 15) is 32.9 Å². The number of carbonyl (C=O) groups is 4. The van der Waals surface area contributed by atoms with Crippen LogP contribution in [0.1, 0.15) is 44.2 Å². The summed E-state index contributed by atoms with van der Waals surface area (Å²) in [6, 6.07) is 7.72. The number of amides is 2. The average molecular weight is 1060 g/mol. The minimum absolute atomic E-state index is 0.0371. The van der Waals surface area contributed by atoms with Crippen LogP contribution in [0, 0.1) is 5.82 Å². The molecule has 368 valence electrons. The highest BCUT2D eigenvalue weighted by Gasteiger charge is 2.21. The number of fused-ring (bicyclic) bond motifs is 1. The van der Waals surface area contributed by atoms with Gasteiger partial charge in [-0.25, -0.2) is 14.1 Å². The Kier molecular flexibility index (Phi) is 28.9. The molecule has 1 aliphatic rings. The van der Waals surface area contributed by atoms with Crippen molar-refractivity contribution in [2.45, 2.75) is 74.8 Å². The van der Waals surface area contributed by atoms with Crippen LogP contribution < -0.4 is 20.3 Å². The van der Waals surface area contributed by atoms with Crippen LogP contribution in [0.5, 0.6) is 0 Å². The van der Waals surface area contributed by atoms with Gasteiger partial charge in [0.2, 0.25) is 10.7 Å². The van der Waals surface area contributed by atoms with Crippen molar-refractivity contribution in [2.75, 3.05) is 63.4 Å². The Morgan fingerprint density at radius 3 is 2.12 bits per heavy atom. The monoisotopic (exact) mass is 1060 g/mol. The minimum atomic E-state index is -3.10. The first kappa shape index (κ1) is 60.5. The van der Waals surface area contributed by atoms with E-state index in [-0.39, 0.29) is 58.3 Å². The van der Waals surface area contributed by atoms with Gasteiger partial charge in [-0.3, -0.25) is 38.1 Å². The molecule has 3 aromatic rings. The normalized spacial score (nSPS) is 13.2. The van der Waals surface area contributed by atoms with E-state index in [0.29, 0.717) is 35.9 Å². The molecule has 2 atom stereocenters. The zero-order valence-electron chi connectivity index (χ0n) is 37.4. The number of carbonyl (C=O) groups excluding carboxylic acids is 3. The predicted molar refractivity (Wildman–Crippen MR) is 264 cm³/mol. The Bertz CT molecular complexity index is 2240. The van der Waals surface area contributed by atoms with Gasteiger partial charge in [-0.05, 0) is 66.7 Å². The summed E-state index contributed by atoms with van der Waals surface area (Å²) in [6.07, 6.45) is 6.86. The minimum Gasteiger partial charge on any atom is -0.480 e. The molecule has 1 aromatic heterocycles. The van der Waals surface area contributed by atoms with E-state index in [0.717, 1.165) is 71.7 Å². The molecule has 0 aliphatic carbocycles. The number of alkyl halides is 3. The molecule has 2 amide bonds. The zero-order valence-corrected chi connectivity index (χ0v) is 43.0. The topological polar surface area (TPSA) is 216 Å². The number of aryl methyl sites for hydroxylation is 2. The quantitative estimate of drug-likeness (QED) is 0.0266. The standard InChI is InChI=1S/C15H15ClFN3O3S2.C14H20ClNO2.C8H11Cl2NO.C5H12NO4P/c1-23-13(21)8-24-12-7-11(10(17)6-9(12)16)18-14-19-4-2-3-5-20(19)15(22)25-14;1-4-11-7-6-8-12(5-2)14(11)16(10-18-3)13(17)9-15;1-3-5-11(6-4-2)8(12)7(9)10;1-11(9,10)3-2-4(6)5(7)8/h6-7H,2-5,8H2,1H3;6-8H,4-5,9-10H2,1-3H3;3-4,7H,1-2,5-6H2;4H,2-3,6H2,1H3,(H,7,8)(H,9,10). The van der Waals surface area contributed by atoms with Gasteiger partial charge in [-0.2, -0.15) is 0 Å². The van der Waals surface area contributed by atoms with E-state index in [2.05, 4.69) is 36.7 Å². The molecule has 0 radical (unpaired) electrons. The van der Waals surface area contributed by atoms with Crippen LogP contribution in [0.4, 0.5) is 15.8 Å². The maximum atomic E-state index is 14.3. The number of nitrogens with zero attached hydrogens (tertiary/aromatic N) is 5. The van der Waals surface area contributed by atoms with Crippen molar-refractivity contribution >= 4 is 112 Å². The summed E-state index contributed by atoms with van der Waals surface area (Å²) >= 11 is 24.6. The summed E-state index contributed by atoms with van der Waals surface area (Å²) in [5.41, 5.74) is 8.42. The van der Waals surface area contributed by atoms with Crippen LogP contribution in [0.2, 0.25) is 5.02 Å². The number of para-hydroxylation sites is 1. The molecule has 0 bridgehead atoms. The molecule has 0 fully saturated rings. The maximum absolute atomic E-state index is 14.3. The lowest BCUT2D eigenvalue weighted by Gasteiger charge is -2.26. The molecule has 66 heavy (non-hydrogen) atoms. The third-order valence-corrected chi connectivity index (χ3v) is 13.0. The highest BCUT2D eigenvalue weighted by atomic mass is 35.5. The molecule has 24 heteroatoms. The van der Waals surface area contributed by atoms with Gasteiger partial charge in [-0.1, -0.05) is 79.0 Å². The third kappa shape index (κ3) is 20.8. The lowest BCUT2D eigenvalue weighted by atomic mass is 10.0. The van der Waals surface area contributed by atoms with Gasteiger partial charge in [0.25, 0.3) is 5.91 Å². The Morgan fingerprint density at radius 1 is 1.08 bits per heavy atom. The first-order valence-electron chi connectivity index (χ1n) is 20.2. The van der Waals surface area contributed by atoms with Gasteiger partial charge < -0.3 is 30.1 Å². The summed E-state index contributed by atoms with van der Waals surface area (Å²) in [5.74, 6) is -2.55. The third-order valence-electron chi connectivity index (χ3n) is 8.96. The van der Waals surface area contributed by atoms with Crippen molar-refractivity contribution in [2.24, 2.45) is 10.7 Å². The van der Waals surface area contributed by atoms with E-state index in [1.807, 2.05) is 18.2 Å². The van der Waals surface area contributed by atoms with Crippen LogP contribution in [-0.2, 0) is 59.1 Å². The maximum Gasteiger partial charge on any atom is 0.325 e. The fourth-order valence-electron chi connectivity index (χ4n) is 5.66. The van der Waals surface area contributed by atoms with Gasteiger partial charge in [0.15, 0.2) is 12.2 Å². The first-order chi connectivity index (χ1) is 31.1.